The minimum Gasteiger partial charge on any atom is -0.491 e. The van der Waals surface area contributed by atoms with E-state index in [-0.39, 0.29) is 107 Å². The molecule has 3 aromatic carbocycles. The fraction of sp³-hybridized carbons (Fsp3) is 0.434. The number of benzene rings is 3. The number of likely N-dealkylation sites (N-methyl/N-ethyl adjacent to an activating group) is 1. The van der Waals surface area contributed by atoms with Gasteiger partial charge in [0.15, 0.2) is 15.7 Å². The smallest absolute Gasteiger partial charge is 0.410 e. The molecule has 3 N–H and O–H groups in total. The summed E-state index contributed by atoms with van der Waals surface area (Å²) in [6.45, 7) is 16.3. The molecule has 78 heavy (non-hydrogen) atoms. The molecule has 3 aromatic heterocycles. The molecule has 424 valence electrons. The third kappa shape index (κ3) is 15.6. The molecule has 25 heteroatoms. The first-order valence-electron chi connectivity index (χ1n) is 24.5. The summed E-state index contributed by atoms with van der Waals surface area (Å²) in [6, 6.07) is 12.9. The third-order valence-electron chi connectivity index (χ3n) is 12.6. The van der Waals surface area contributed by atoms with Gasteiger partial charge in [0.2, 0.25) is 17.6 Å². The molecule has 3 amide bonds. The lowest BCUT2D eigenvalue weighted by Gasteiger charge is -2.31. The molecule has 0 aliphatic carbocycles. The quantitative estimate of drug-likeness (QED) is 0.0479. The van der Waals surface area contributed by atoms with Crippen LogP contribution in [0.5, 0.6) is 11.5 Å². The lowest BCUT2D eigenvalue weighted by molar-refractivity contribution is -0.138. The number of thiazole rings is 1. The van der Waals surface area contributed by atoms with Gasteiger partial charge in [-0.2, -0.15) is 45.6 Å². The van der Waals surface area contributed by atoms with Gasteiger partial charge >= 0.3 is 6.09 Å². The molecule has 0 spiro atoms. The first-order chi connectivity index (χ1) is 35.4. The number of ketones is 1. The van der Waals surface area contributed by atoms with Crippen molar-refractivity contribution in [2.24, 2.45) is 0 Å². The maximum absolute atomic E-state index is 14.6. The molecule has 1 fully saturated rings. The summed E-state index contributed by atoms with van der Waals surface area (Å²) in [5, 5.41) is 16.0. The van der Waals surface area contributed by atoms with Crippen molar-refractivity contribution in [1.29, 1.82) is 0 Å². The van der Waals surface area contributed by atoms with Crippen molar-refractivity contribution in [2.45, 2.75) is 115 Å². The van der Waals surface area contributed by atoms with Crippen molar-refractivity contribution < 1.29 is 50.9 Å². The summed E-state index contributed by atoms with van der Waals surface area (Å²) in [5.74, 6) is -0.157. The second kappa shape index (κ2) is 27.3. The number of anilines is 2. The zero-order valence-electron chi connectivity index (χ0n) is 45.3. The summed E-state index contributed by atoms with van der Waals surface area (Å²) in [7, 11) is -2.45. The lowest BCUT2D eigenvalue weighted by atomic mass is 10.0. The number of halogens is 1. The summed E-state index contributed by atoms with van der Waals surface area (Å²) < 4.78 is 63.5. The number of fused-ring (bicyclic) bond motifs is 1. The van der Waals surface area contributed by atoms with Gasteiger partial charge in [0.25, 0.3) is 0 Å². The fourth-order valence-corrected chi connectivity index (χ4v) is 10.2. The van der Waals surface area contributed by atoms with E-state index in [0.717, 1.165) is 11.3 Å². The molecule has 3 atom stereocenters. The Labute approximate surface area is 479 Å². The predicted molar refractivity (Wildman–Crippen MR) is 312 cm³/mol. The molecule has 4 heterocycles. The Morgan fingerprint density at radius 2 is 1.58 bits per heavy atom. The predicted octanol–water partition coefficient (Wildman–Crippen LogP) is 8.57. The summed E-state index contributed by atoms with van der Waals surface area (Å²) in [5.41, 5.74) is 2.62. The standard InChI is InChI=1S/C53H64FN9O10S2.3H2S/c1-31-32(2)60-61-46(31)59-47-38-27-44(75(68,69)53(7,8)9)43(28-39(38)55-30-56-47)72-25-23-70-22-24-71-37-19-13-34(14-20-37)26-40(57-48(65)33(3)62(10)51(67)73-52(4,5)6)50(66)63-21-11-12-42(63)49-58-41(29-74-49)45(64)35-15-17-36(54)18-16-35;;;/h13-20,27-30,33,40,42H,11-12,21-26H2,1-10H3,(H,57,65)(H2,55,56,59,60,61);3*1H2/t33-,40-,42-;;;/m0.../s1. The molecule has 0 bridgehead atoms. The Balaban J connectivity index is 0.00000437. The number of hydrogen-bond donors (Lipinski definition) is 3. The molecule has 1 aliphatic heterocycles. The molecule has 0 unspecified atom stereocenters. The second-order valence-corrected chi connectivity index (χ2v) is 23.7. The SMILES string of the molecule is Cc1[nH]nc(Nc2ncnc3cc(OCCOCCOc4ccc(C[C@H](NC(=O)[C@H](C)N(C)C(=O)OC(C)(C)C)C(=O)N5CCC[C@H]5c5nc(C(=O)c6ccc(F)cc6)cs5)cc4)c(S(=O)(=O)C(C)(C)C)cc23)c1C.S.S.S. The number of aromatic nitrogens is 5. The number of nitrogens with one attached hydrogen (secondary N) is 3. The molecule has 6 aromatic rings. The van der Waals surface area contributed by atoms with Gasteiger partial charge in [-0.25, -0.2) is 32.6 Å². The summed E-state index contributed by atoms with van der Waals surface area (Å²) in [6.07, 6.45) is 2.02. The van der Waals surface area contributed by atoms with Crippen LogP contribution >= 0.6 is 51.8 Å². The van der Waals surface area contributed by atoms with E-state index in [0.29, 0.717) is 58.2 Å². The van der Waals surface area contributed by atoms with E-state index in [1.807, 2.05) is 13.8 Å². The third-order valence-corrected chi connectivity index (χ3v) is 16.0. The number of amides is 3. The Kier molecular flexibility index (Phi) is 22.5. The normalized spacial score (nSPS) is 14.2. The van der Waals surface area contributed by atoms with E-state index in [2.05, 4.69) is 35.8 Å². The van der Waals surface area contributed by atoms with Gasteiger partial charge in [0, 0.05) is 53.7 Å². The van der Waals surface area contributed by atoms with E-state index >= 15 is 0 Å². The van der Waals surface area contributed by atoms with Gasteiger partial charge < -0.3 is 34.5 Å². The van der Waals surface area contributed by atoms with E-state index in [1.54, 1.807) is 89.1 Å². The molecule has 19 nitrogen and oxygen atoms in total. The van der Waals surface area contributed by atoms with Gasteiger partial charge in [-0.05, 0) is 123 Å². The number of likely N-dealkylation sites (tertiary alicyclic amines) is 1. The van der Waals surface area contributed by atoms with Crippen molar-refractivity contribution >= 4 is 108 Å². The number of aryl methyl sites for hydroxylation is 1. The first kappa shape index (κ1) is 64.5. The molecule has 0 saturated carbocycles. The zero-order chi connectivity index (χ0) is 54.4. The van der Waals surface area contributed by atoms with Gasteiger partial charge in [-0.15, -0.1) is 11.3 Å². The number of H-pyrrole nitrogens is 1. The second-order valence-electron chi connectivity index (χ2n) is 20.2. The number of hydrogen-bond acceptors (Lipinski definition) is 16. The van der Waals surface area contributed by atoms with E-state index in [4.69, 9.17) is 18.9 Å². The number of carbonyl (C=O) groups is 4. The Morgan fingerprint density at radius 1 is 0.910 bits per heavy atom. The average molecular weight is 1170 g/mol. The summed E-state index contributed by atoms with van der Waals surface area (Å²) >= 11 is 1.25. The van der Waals surface area contributed by atoms with Crippen molar-refractivity contribution in [3.05, 3.63) is 111 Å². The van der Waals surface area contributed by atoms with Crippen LogP contribution in [-0.2, 0) is 35.3 Å². The average Bonchev–Trinajstić information content (AvgIpc) is 4.14. The number of sulfone groups is 1. The zero-order valence-corrected chi connectivity index (χ0v) is 49.9. The Morgan fingerprint density at radius 3 is 2.21 bits per heavy atom. The molecule has 1 aliphatic rings. The number of ether oxygens (including phenoxy) is 4. The van der Waals surface area contributed by atoms with Gasteiger partial charge in [0.05, 0.1) is 29.5 Å². The van der Waals surface area contributed by atoms with Crippen molar-refractivity contribution in [2.75, 3.05) is 45.3 Å². The molecule has 7 rings (SSSR count). The van der Waals surface area contributed by atoms with Gasteiger partial charge in [0.1, 0.15) is 76.0 Å². The Bertz CT molecular complexity index is 3150. The van der Waals surface area contributed by atoms with Crippen LogP contribution in [0.3, 0.4) is 0 Å². The van der Waals surface area contributed by atoms with Crippen molar-refractivity contribution in [1.82, 2.24) is 40.3 Å². The van der Waals surface area contributed by atoms with E-state index in [1.165, 1.54) is 59.9 Å². The van der Waals surface area contributed by atoms with Crippen LogP contribution in [0.1, 0.15) is 105 Å². The maximum atomic E-state index is 14.6. The van der Waals surface area contributed by atoms with Gasteiger partial charge in [-0.1, -0.05) is 12.1 Å². The number of aromatic amines is 1. The minimum absolute atomic E-state index is 0. The van der Waals surface area contributed by atoms with Crippen LogP contribution in [0.2, 0.25) is 0 Å². The minimum atomic E-state index is -3.90. The molecule has 0 radical (unpaired) electrons. The van der Waals surface area contributed by atoms with E-state index in [9.17, 15) is 32.0 Å². The summed E-state index contributed by atoms with van der Waals surface area (Å²) in [4.78, 5) is 70.8. The van der Waals surface area contributed by atoms with E-state index < -0.39 is 56.1 Å². The molecular formula is C53H70FN9O10S5. The van der Waals surface area contributed by atoms with Crippen LogP contribution < -0.4 is 20.1 Å². The monoisotopic (exact) mass is 1170 g/mol. The van der Waals surface area contributed by atoms with Crippen molar-refractivity contribution in [3.63, 3.8) is 0 Å². The molecule has 1 saturated heterocycles. The van der Waals surface area contributed by atoms with Crippen LogP contribution in [0.25, 0.3) is 10.9 Å². The maximum Gasteiger partial charge on any atom is 0.410 e. The highest BCUT2D eigenvalue weighted by Crippen LogP contribution is 2.38. The Hall–Kier alpha value is -5.99. The molecular weight excluding hydrogens is 1100 g/mol. The van der Waals surface area contributed by atoms with Crippen LogP contribution in [-0.4, -0.2) is 130 Å². The highest BCUT2D eigenvalue weighted by atomic mass is 32.2. The number of rotatable bonds is 20. The van der Waals surface area contributed by atoms with Gasteiger partial charge in [-0.3, -0.25) is 24.4 Å². The number of nitrogens with zero attached hydrogens (tertiary/aromatic N) is 6. The number of carbonyl (C=O) groups excluding carboxylic acids is 4. The largest absolute Gasteiger partial charge is 0.491 e. The van der Waals surface area contributed by atoms with Crippen molar-refractivity contribution in [3.8, 4) is 11.5 Å². The van der Waals surface area contributed by atoms with Crippen LogP contribution in [0.15, 0.2) is 77.3 Å². The van der Waals surface area contributed by atoms with Crippen LogP contribution in [0.4, 0.5) is 20.8 Å². The first-order valence-corrected chi connectivity index (χ1v) is 26.8. The fourth-order valence-electron chi connectivity index (χ4n) is 7.97. The lowest BCUT2D eigenvalue weighted by Crippen LogP contribution is -2.54. The highest BCUT2D eigenvalue weighted by molar-refractivity contribution is 7.92. The van der Waals surface area contributed by atoms with Crippen LogP contribution in [0, 0.1) is 19.7 Å². The topological polar surface area (TPSA) is 237 Å². The highest BCUT2D eigenvalue weighted by Gasteiger charge is 2.39.